The van der Waals surface area contributed by atoms with Crippen molar-refractivity contribution in [1.29, 1.82) is 0 Å². The number of benzene rings is 3. The summed E-state index contributed by atoms with van der Waals surface area (Å²) in [6.07, 6.45) is 2.44. The molecule has 4 aromatic rings. The van der Waals surface area contributed by atoms with E-state index < -0.39 is 35.3 Å². The average Bonchev–Trinajstić information content (AvgIpc) is 3.34. The van der Waals surface area contributed by atoms with Crippen LogP contribution in [0.1, 0.15) is 86.3 Å². The number of thiophene rings is 1. The zero-order valence-electron chi connectivity index (χ0n) is 30.0. The molecule has 0 bridgehead atoms. The van der Waals surface area contributed by atoms with Crippen LogP contribution >= 0.6 is 11.3 Å². The van der Waals surface area contributed by atoms with Gasteiger partial charge in [-0.05, 0) is 106 Å². The number of carbonyl (C=O) groups excluding carboxylic acids is 3. The summed E-state index contributed by atoms with van der Waals surface area (Å²) < 4.78 is 24.0. The number of fused-ring (bicyclic) bond motifs is 1. The molecule has 1 heterocycles. The molecule has 1 N–H and O–H groups in total. The fraction of sp³-hybridized carbons (Fsp3) is 0.375. The molecule has 0 aliphatic heterocycles. The summed E-state index contributed by atoms with van der Waals surface area (Å²) in [5.41, 5.74) is 1.80. The lowest BCUT2D eigenvalue weighted by atomic mass is 9.96. The smallest absolute Gasteiger partial charge is 0.408 e. The molecule has 0 saturated carbocycles. The highest BCUT2D eigenvalue weighted by atomic mass is 32.1. The van der Waals surface area contributed by atoms with E-state index in [4.69, 9.17) is 18.9 Å². The molecule has 0 aliphatic carbocycles. The van der Waals surface area contributed by atoms with E-state index in [-0.39, 0.29) is 11.8 Å². The van der Waals surface area contributed by atoms with Gasteiger partial charge in [0.15, 0.2) is 5.75 Å². The van der Waals surface area contributed by atoms with Gasteiger partial charge in [0.05, 0.1) is 4.88 Å². The van der Waals surface area contributed by atoms with Crippen molar-refractivity contribution in [3.63, 3.8) is 0 Å². The van der Waals surface area contributed by atoms with Crippen molar-refractivity contribution in [3.8, 4) is 27.7 Å². The van der Waals surface area contributed by atoms with E-state index in [0.717, 1.165) is 26.1 Å². The molecule has 260 valence electrons. The van der Waals surface area contributed by atoms with E-state index in [1.54, 1.807) is 44.3 Å². The van der Waals surface area contributed by atoms with Gasteiger partial charge in [0, 0.05) is 16.2 Å². The Balaban J connectivity index is 1.66. The molecule has 1 atom stereocenters. The van der Waals surface area contributed by atoms with Gasteiger partial charge < -0.3 is 24.3 Å². The first-order chi connectivity index (χ1) is 22.9. The fourth-order valence-electron chi connectivity index (χ4n) is 4.98. The summed E-state index contributed by atoms with van der Waals surface area (Å²) in [6.45, 7) is 18.7. The molecule has 0 fully saturated rings. The van der Waals surface area contributed by atoms with Crippen molar-refractivity contribution in [3.05, 3.63) is 83.9 Å². The maximum absolute atomic E-state index is 13.3. The van der Waals surface area contributed by atoms with Crippen LogP contribution < -0.4 is 14.8 Å². The Bertz CT molecular complexity index is 1820. The predicted molar refractivity (Wildman–Crippen MR) is 196 cm³/mol. The molecule has 0 radical (unpaired) electrons. The molecule has 8 nitrogen and oxygen atoms in total. The van der Waals surface area contributed by atoms with Gasteiger partial charge in [-0.15, -0.1) is 11.3 Å². The largest absolute Gasteiger partial charge is 0.457 e. The molecule has 9 heteroatoms. The van der Waals surface area contributed by atoms with Gasteiger partial charge in [-0.25, -0.2) is 14.4 Å². The van der Waals surface area contributed by atoms with Crippen LogP contribution in [0.5, 0.6) is 17.2 Å². The summed E-state index contributed by atoms with van der Waals surface area (Å²) >= 11 is 1.55. The molecule has 1 unspecified atom stereocenters. The Morgan fingerprint density at radius 3 is 2.04 bits per heavy atom. The topological polar surface area (TPSA) is 100 Å². The second-order valence-electron chi connectivity index (χ2n) is 14.5. The molecular weight excluding hydrogens is 639 g/mol. The molecule has 49 heavy (non-hydrogen) atoms. The summed E-state index contributed by atoms with van der Waals surface area (Å²) in [6, 6.07) is 20.3. The minimum absolute atomic E-state index is 0.233. The van der Waals surface area contributed by atoms with Crippen LogP contribution in [-0.2, 0) is 19.1 Å². The highest BCUT2D eigenvalue weighted by Gasteiger charge is 2.29. The van der Waals surface area contributed by atoms with E-state index in [2.05, 4.69) is 31.3 Å². The minimum Gasteiger partial charge on any atom is -0.457 e. The second-order valence-corrected chi connectivity index (χ2v) is 15.5. The maximum atomic E-state index is 13.3. The first-order valence-corrected chi connectivity index (χ1v) is 17.3. The first kappa shape index (κ1) is 37.2. The summed E-state index contributed by atoms with van der Waals surface area (Å²) in [4.78, 5) is 38.8. The molecule has 1 aromatic heterocycles. The SMILES string of the molecule is CC(C)c1ccccc1-c1sc2cc(OC(=O)C(NC(=O)OC(C)(C)C)C(C)C)ccc2c1Oc1ccc(C=CC(=O)OC(C)(C)C)cc1. The third-order valence-corrected chi connectivity index (χ3v) is 8.34. The number of hydrogen-bond donors (Lipinski definition) is 1. The number of alkyl carbamates (subject to hydrolysis) is 1. The third-order valence-electron chi connectivity index (χ3n) is 7.17. The van der Waals surface area contributed by atoms with Gasteiger partial charge in [-0.3, -0.25) is 0 Å². The summed E-state index contributed by atoms with van der Waals surface area (Å²) in [5.74, 6) is 0.716. The molecule has 0 spiro atoms. The highest BCUT2D eigenvalue weighted by Crippen LogP contribution is 2.49. The lowest BCUT2D eigenvalue weighted by molar-refractivity contribution is -0.148. The van der Waals surface area contributed by atoms with Crippen LogP contribution in [0.2, 0.25) is 0 Å². The number of rotatable bonds is 10. The van der Waals surface area contributed by atoms with Crippen LogP contribution in [-0.4, -0.2) is 35.3 Å². The second kappa shape index (κ2) is 15.3. The number of carbonyl (C=O) groups is 3. The van der Waals surface area contributed by atoms with E-state index >= 15 is 0 Å². The highest BCUT2D eigenvalue weighted by molar-refractivity contribution is 7.22. The van der Waals surface area contributed by atoms with Crippen molar-refractivity contribution < 1.29 is 33.3 Å². The van der Waals surface area contributed by atoms with Gasteiger partial charge in [0.1, 0.15) is 28.7 Å². The standard InChI is InChI=1S/C40H47NO7S/c1-24(2)29-13-11-12-14-30(29)36-35(45-27-18-15-26(16-19-27)17-22-33(42)47-39(5,6)7)31-21-20-28(23-32(31)49-36)46-37(43)34(25(3)4)41-38(44)48-40(8,9)10/h11-25,34H,1-10H3,(H,41,44). The predicted octanol–water partition coefficient (Wildman–Crippen LogP) is 10.3. The Morgan fingerprint density at radius 2 is 1.43 bits per heavy atom. The first-order valence-electron chi connectivity index (χ1n) is 16.5. The number of esters is 2. The van der Waals surface area contributed by atoms with E-state index in [1.165, 1.54) is 11.6 Å². The third kappa shape index (κ3) is 10.4. The van der Waals surface area contributed by atoms with Crippen LogP contribution in [0.4, 0.5) is 4.79 Å². The quantitative estimate of drug-likeness (QED) is 0.101. The zero-order chi connectivity index (χ0) is 36.1. The van der Waals surface area contributed by atoms with Crippen molar-refractivity contribution in [2.75, 3.05) is 0 Å². The molecule has 0 saturated heterocycles. The van der Waals surface area contributed by atoms with Crippen molar-refractivity contribution in [2.24, 2.45) is 5.92 Å². The molecule has 0 aliphatic rings. The van der Waals surface area contributed by atoms with Crippen LogP contribution in [0, 0.1) is 5.92 Å². The van der Waals surface area contributed by atoms with E-state index in [1.807, 2.05) is 83.1 Å². The number of ether oxygens (including phenoxy) is 4. The Morgan fingerprint density at radius 1 is 0.796 bits per heavy atom. The maximum Gasteiger partial charge on any atom is 0.408 e. The van der Waals surface area contributed by atoms with Gasteiger partial charge in [-0.1, -0.05) is 64.1 Å². The van der Waals surface area contributed by atoms with Crippen LogP contribution in [0.15, 0.2) is 72.8 Å². The van der Waals surface area contributed by atoms with Crippen molar-refractivity contribution >= 4 is 45.5 Å². The van der Waals surface area contributed by atoms with Gasteiger partial charge >= 0.3 is 18.0 Å². The Kier molecular flexibility index (Phi) is 11.6. The summed E-state index contributed by atoms with van der Waals surface area (Å²) in [7, 11) is 0. The summed E-state index contributed by atoms with van der Waals surface area (Å²) in [5, 5.41) is 3.52. The zero-order valence-corrected chi connectivity index (χ0v) is 30.8. The minimum atomic E-state index is -0.900. The molecular formula is C40H47NO7S. The average molecular weight is 686 g/mol. The molecule has 3 aromatic carbocycles. The van der Waals surface area contributed by atoms with Gasteiger partial charge in [0.25, 0.3) is 0 Å². The molecule has 1 amide bonds. The monoisotopic (exact) mass is 685 g/mol. The lowest BCUT2D eigenvalue weighted by Crippen LogP contribution is -2.48. The van der Waals surface area contributed by atoms with Crippen molar-refractivity contribution in [2.45, 2.75) is 92.4 Å². The normalized spacial score (nSPS) is 12.7. The van der Waals surface area contributed by atoms with E-state index in [9.17, 15) is 14.4 Å². The number of nitrogens with one attached hydrogen (secondary N) is 1. The molecule has 4 rings (SSSR count). The van der Waals surface area contributed by atoms with Crippen molar-refractivity contribution in [1.82, 2.24) is 5.32 Å². The fourth-order valence-corrected chi connectivity index (χ4v) is 6.19. The lowest BCUT2D eigenvalue weighted by Gasteiger charge is -2.24. The van der Waals surface area contributed by atoms with E-state index in [0.29, 0.717) is 17.2 Å². The number of hydrogen-bond acceptors (Lipinski definition) is 8. The van der Waals surface area contributed by atoms with Gasteiger partial charge in [0.2, 0.25) is 0 Å². The van der Waals surface area contributed by atoms with Crippen LogP contribution in [0.25, 0.3) is 26.6 Å². The Hall–Kier alpha value is -4.63. The Labute approximate surface area is 293 Å². The number of amides is 1. The van der Waals surface area contributed by atoms with Crippen LogP contribution in [0.3, 0.4) is 0 Å². The van der Waals surface area contributed by atoms with Gasteiger partial charge in [-0.2, -0.15) is 0 Å².